The molecule has 0 unspecified atom stereocenters. The number of hydrogen-bond donors (Lipinski definition) is 1. The second kappa shape index (κ2) is 9.89. The number of thioether (sulfide) groups is 1. The number of carbonyl (C=O) groups excluding carboxylic acids is 2. The van der Waals surface area contributed by atoms with Crippen LogP contribution < -0.4 is 19.5 Å². The van der Waals surface area contributed by atoms with Crippen LogP contribution in [0.1, 0.15) is 5.56 Å². The first-order chi connectivity index (χ1) is 13.6. The van der Waals surface area contributed by atoms with Crippen molar-refractivity contribution in [1.29, 1.82) is 0 Å². The van der Waals surface area contributed by atoms with Crippen molar-refractivity contribution in [3.63, 3.8) is 0 Å². The molecule has 0 spiro atoms. The van der Waals surface area contributed by atoms with Crippen LogP contribution in [0.4, 0.5) is 0 Å². The molecule has 0 radical (unpaired) electrons. The third-order valence-electron chi connectivity index (χ3n) is 3.86. The monoisotopic (exact) mass is 403 g/mol. The van der Waals surface area contributed by atoms with Crippen LogP contribution in [0.25, 0.3) is 0 Å². The Labute approximate surface area is 167 Å². The topological polar surface area (TPSA) is 83.1 Å². The maximum absolute atomic E-state index is 11.9. The van der Waals surface area contributed by atoms with E-state index in [2.05, 4.69) is 5.32 Å². The molecule has 1 N–H and O–H groups in total. The van der Waals surface area contributed by atoms with Crippen LogP contribution in [0.5, 0.6) is 17.2 Å². The molecule has 0 fully saturated rings. The quantitative estimate of drug-likeness (QED) is 0.535. The summed E-state index contributed by atoms with van der Waals surface area (Å²) in [5.41, 5.74) is 0.896. The fourth-order valence-electron chi connectivity index (χ4n) is 2.48. The molecule has 1 amide bonds. The fourth-order valence-corrected chi connectivity index (χ4v) is 3.20. The lowest BCUT2D eigenvalue weighted by atomic mass is 10.2. The van der Waals surface area contributed by atoms with Gasteiger partial charge in [0.25, 0.3) is 5.91 Å². The Kier molecular flexibility index (Phi) is 7.02. The van der Waals surface area contributed by atoms with Crippen molar-refractivity contribution in [1.82, 2.24) is 5.32 Å². The lowest BCUT2D eigenvalue weighted by Crippen LogP contribution is -2.28. The zero-order chi connectivity index (χ0) is 19.8. The number of benzene rings is 2. The highest BCUT2D eigenvalue weighted by Gasteiger charge is 2.13. The number of ether oxygens (including phenoxy) is 4. The largest absolute Gasteiger partial charge is 0.497 e. The predicted octanol–water partition coefficient (Wildman–Crippen LogP) is 2.42. The third-order valence-corrected chi connectivity index (χ3v) is 4.83. The van der Waals surface area contributed by atoms with E-state index in [0.29, 0.717) is 37.0 Å². The molecular weight excluding hydrogens is 382 g/mol. The zero-order valence-electron chi connectivity index (χ0n) is 15.4. The molecule has 0 aromatic heterocycles. The van der Waals surface area contributed by atoms with Crippen LogP contribution in [0.3, 0.4) is 0 Å². The van der Waals surface area contributed by atoms with E-state index in [-0.39, 0.29) is 18.3 Å². The predicted molar refractivity (Wildman–Crippen MR) is 104 cm³/mol. The van der Waals surface area contributed by atoms with E-state index in [9.17, 15) is 9.59 Å². The second-order valence-electron chi connectivity index (χ2n) is 5.88. The summed E-state index contributed by atoms with van der Waals surface area (Å²) >= 11 is 1.31. The van der Waals surface area contributed by atoms with Gasteiger partial charge in [-0.25, -0.2) is 0 Å². The normalized spacial score (nSPS) is 12.2. The van der Waals surface area contributed by atoms with Gasteiger partial charge in [0.05, 0.1) is 12.9 Å². The molecule has 1 aliphatic rings. The van der Waals surface area contributed by atoms with E-state index in [4.69, 9.17) is 18.9 Å². The smallest absolute Gasteiger partial charge is 0.316 e. The molecule has 0 saturated heterocycles. The molecular formula is C20H21NO6S. The first-order valence-corrected chi connectivity index (χ1v) is 9.70. The molecule has 1 heterocycles. The maximum atomic E-state index is 11.9. The fraction of sp³-hybridized carbons (Fsp3) is 0.300. The Morgan fingerprint density at radius 2 is 1.93 bits per heavy atom. The maximum Gasteiger partial charge on any atom is 0.316 e. The molecule has 0 bridgehead atoms. The molecule has 7 nitrogen and oxygen atoms in total. The molecule has 28 heavy (non-hydrogen) atoms. The van der Waals surface area contributed by atoms with Gasteiger partial charge >= 0.3 is 5.97 Å². The molecule has 0 saturated carbocycles. The summed E-state index contributed by atoms with van der Waals surface area (Å²) in [4.78, 5) is 24.6. The summed E-state index contributed by atoms with van der Waals surface area (Å²) in [6.07, 6.45) is 0. The minimum atomic E-state index is -0.462. The molecule has 8 heteroatoms. The number of rotatable bonds is 8. The Morgan fingerprint density at radius 1 is 1.11 bits per heavy atom. The SMILES string of the molecule is COc1cccc(CNC(=O)COC(=O)CSc2ccc3c(c2)OCCO3)c1. The molecule has 1 aliphatic heterocycles. The van der Waals surface area contributed by atoms with Crippen LogP contribution in [0.2, 0.25) is 0 Å². The Balaban J connectivity index is 1.37. The second-order valence-corrected chi connectivity index (χ2v) is 6.93. The summed E-state index contributed by atoms with van der Waals surface area (Å²) in [5.74, 6) is 1.36. The summed E-state index contributed by atoms with van der Waals surface area (Å²) < 4.78 is 21.1. The van der Waals surface area contributed by atoms with Crippen LogP contribution in [-0.2, 0) is 20.9 Å². The van der Waals surface area contributed by atoms with Crippen LogP contribution in [0.15, 0.2) is 47.4 Å². The van der Waals surface area contributed by atoms with Gasteiger partial charge in [0.1, 0.15) is 19.0 Å². The number of carbonyl (C=O) groups is 2. The van der Waals surface area contributed by atoms with Crippen molar-refractivity contribution in [2.45, 2.75) is 11.4 Å². The van der Waals surface area contributed by atoms with Crippen LogP contribution in [0, 0.1) is 0 Å². The van der Waals surface area contributed by atoms with Gasteiger partial charge < -0.3 is 24.3 Å². The number of methoxy groups -OCH3 is 1. The van der Waals surface area contributed by atoms with E-state index in [1.807, 2.05) is 42.5 Å². The number of fused-ring (bicyclic) bond motifs is 1. The van der Waals surface area contributed by atoms with Crippen molar-refractivity contribution in [3.05, 3.63) is 48.0 Å². The van der Waals surface area contributed by atoms with Gasteiger partial charge in [-0.2, -0.15) is 0 Å². The molecule has 0 atom stereocenters. The van der Waals surface area contributed by atoms with Crippen LogP contribution in [-0.4, -0.2) is 44.6 Å². The minimum Gasteiger partial charge on any atom is -0.497 e. The molecule has 3 rings (SSSR count). The summed E-state index contributed by atoms with van der Waals surface area (Å²) in [5, 5.41) is 2.70. The lowest BCUT2D eigenvalue weighted by molar-refractivity contribution is -0.145. The van der Waals surface area contributed by atoms with Gasteiger partial charge in [-0.15, -0.1) is 11.8 Å². The number of nitrogens with one attached hydrogen (secondary N) is 1. The number of hydrogen-bond acceptors (Lipinski definition) is 7. The van der Waals surface area contributed by atoms with E-state index in [1.54, 1.807) is 7.11 Å². The highest BCUT2D eigenvalue weighted by Crippen LogP contribution is 2.34. The average molecular weight is 403 g/mol. The Morgan fingerprint density at radius 3 is 2.75 bits per heavy atom. The highest BCUT2D eigenvalue weighted by molar-refractivity contribution is 8.00. The first-order valence-electron chi connectivity index (χ1n) is 8.72. The van der Waals surface area contributed by atoms with Gasteiger partial charge in [-0.05, 0) is 35.9 Å². The van der Waals surface area contributed by atoms with E-state index < -0.39 is 5.97 Å². The third kappa shape index (κ3) is 5.82. The average Bonchev–Trinajstić information content (AvgIpc) is 2.74. The number of esters is 1. The molecule has 0 aliphatic carbocycles. The summed E-state index contributed by atoms with van der Waals surface area (Å²) in [6.45, 7) is 1.06. The van der Waals surface area contributed by atoms with Crippen molar-refractivity contribution in [2.24, 2.45) is 0 Å². The lowest BCUT2D eigenvalue weighted by Gasteiger charge is -2.18. The van der Waals surface area contributed by atoms with Crippen molar-refractivity contribution in [3.8, 4) is 17.2 Å². The first kappa shape index (κ1) is 19.9. The zero-order valence-corrected chi connectivity index (χ0v) is 16.3. The van der Waals surface area contributed by atoms with Gasteiger partial charge in [-0.1, -0.05) is 12.1 Å². The van der Waals surface area contributed by atoms with Gasteiger partial charge in [0.15, 0.2) is 18.1 Å². The standard InChI is InChI=1S/C20H21NO6S/c1-24-15-4-2-3-14(9-15)11-21-19(22)12-27-20(23)13-28-16-5-6-17-18(10-16)26-8-7-25-17/h2-6,9-10H,7-8,11-13H2,1H3,(H,21,22). The van der Waals surface area contributed by atoms with Gasteiger partial charge in [0.2, 0.25) is 0 Å². The Bertz CT molecular complexity index is 841. The van der Waals surface area contributed by atoms with E-state index >= 15 is 0 Å². The molecule has 2 aromatic carbocycles. The molecule has 148 valence electrons. The van der Waals surface area contributed by atoms with Crippen molar-refractivity contribution in [2.75, 3.05) is 32.7 Å². The van der Waals surface area contributed by atoms with E-state index in [1.165, 1.54) is 11.8 Å². The van der Waals surface area contributed by atoms with Gasteiger partial charge in [0, 0.05) is 11.4 Å². The van der Waals surface area contributed by atoms with Crippen molar-refractivity contribution < 1.29 is 28.5 Å². The summed E-state index contributed by atoms with van der Waals surface area (Å²) in [7, 11) is 1.58. The van der Waals surface area contributed by atoms with Gasteiger partial charge in [-0.3, -0.25) is 9.59 Å². The summed E-state index contributed by atoms with van der Waals surface area (Å²) in [6, 6.07) is 12.9. The highest BCUT2D eigenvalue weighted by atomic mass is 32.2. The Hall–Kier alpha value is -2.87. The van der Waals surface area contributed by atoms with Crippen LogP contribution >= 0.6 is 11.8 Å². The van der Waals surface area contributed by atoms with E-state index in [0.717, 1.165) is 10.5 Å². The molecule has 2 aromatic rings. The number of amides is 1. The van der Waals surface area contributed by atoms with Crippen molar-refractivity contribution >= 4 is 23.6 Å². The minimum absolute atomic E-state index is 0.100.